The summed E-state index contributed by atoms with van der Waals surface area (Å²) in [5, 5.41) is 35.5. The normalized spacial score (nSPS) is 20.8. The number of aliphatic hydroxyl groups is 1. The van der Waals surface area contributed by atoms with Gasteiger partial charge in [-0.1, -0.05) is 49.2 Å². The van der Waals surface area contributed by atoms with Crippen molar-refractivity contribution in [2.75, 3.05) is 0 Å². The second kappa shape index (κ2) is 11.5. The second-order valence-electron chi connectivity index (χ2n) is 9.81. The van der Waals surface area contributed by atoms with Crippen LogP contribution in [0.25, 0.3) is 0 Å². The maximum atomic E-state index is 13.6. The van der Waals surface area contributed by atoms with Crippen LogP contribution >= 0.6 is 0 Å². The molecule has 1 fully saturated rings. The van der Waals surface area contributed by atoms with Crippen LogP contribution in [0.15, 0.2) is 48.5 Å². The summed E-state index contributed by atoms with van der Waals surface area (Å²) in [6.45, 7) is 0. The molecule has 9 heteroatoms. The molecular formula is C27H33N3O6. The molecule has 2 aromatic carbocycles. The molecule has 4 atom stereocenters. The maximum Gasteiger partial charge on any atom is 0.266 e. The zero-order valence-corrected chi connectivity index (χ0v) is 20.0. The van der Waals surface area contributed by atoms with Crippen LogP contribution in [0.2, 0.25) is 0 Å². The molecule has 2 aromatic rings. The summed E-state index contributed by atoms with van der Waals surface area (Å²) in [5.74, 6) is -2.73. The van der Waals surface area contributed by atoms with Crippen LogP contribution < -0.4 is 16.1 Å². The number of aromatic hydroxyl groups is 1. The molecule has 2 aliphatic carbocycles. The lowest BCUT2D eigenvalue weighted by Gasteiger charge is -2.28. The topological polar surface area (TPSA) is 148 Å². The summed E-state index contributed by atoms with van der Waals surface area (Å²) < 4.78 is 0. The predicted molar refractivity (Wildman–Crippen MR) is 131 cm³/mol. The molecule has 4 rings (SSSR count). The number of nitrogens with one attached hydrogen (secondary N) is 3. The van der Waals surface area contributed by atoms with Crippen LogP contribution in [-0.4, -0.2) is 45.3 Å². The Morgan fingerprint density at radius 2 is 1.75 bits per heavy atom. The molecule has 2 aliphatic rings. The van der Waals surface area contributed by atoms with Gasteiger partial charge in [0.2, 0.25) is 11.8 Å². The number of benzene rings is 2. The standard InChI is InChI=1S/C27H33N3O6/c31-19-10-5-8-17(12-19)13-21(25(27(35)30-36)28-23(33)14-16-6-1-2-7-16)26(34)29-24-20-11-4-3-9-18(20)15-22(24)32/h3-5,8-12,16,21-22,24-25,31-32,36H,1-2,6-7,13-15H2,(H,28,33)(H,29,34)(H,30,35)/t21-,22-,24+,25+/m1/s1. The quantitative estimate of drug-likeness (QED) is 0.231. The van der Waals surface area contributed by atoms with Gasteiger partial charge in [-0.3, -0.25) is 19.6 Å². The molecule has 0 saturated heterocycles. The maximum absolute atomic E-state index is 13.6. The number of hydroxylamine groups is 1. The van der Waals surface area contributed by atoms with Gasteiger partial charge in [-0.05, 0) is 54.0 Å². The van der Waals surface area contributed by atoms with Crippen LogP contribution in [0.4, 0.5) is 0 Å². The monoisotopic (exact) mass is 495 g/mol. The lowest BCUT2D eigenvalue weighted by Crippen LogP contribution is -2.55. The van der Waals surface area contributed by atoms with Gasteiger partial charge in [-0.25, -0.2) is 5.48 Å². The number of amides is 3. The molecule has 192 valence electrons. The third kappa shape index (κ3) is 6.03. The van der Waals surface area contributed by atoms with E-state index >= 15 is 0 Å². The smallest absolute Gasteiger partial charge is 0.266 e. The number of rotatable bonds is 9. The van der Waals surface area contributed by atoms with Crippen molar-refractivity contribution in [2.45, 2.75) is 63.1 Å². The molecule has 3 amide bonds. The van der Waals surface area contributed by atoms with Crippen molar-refractivity contribution in [3.8, 4) is 5.75 Å². The van der Waals surface area contributed by atoms with E-state index in [0.717, 1.165) is 36.8 Å². The Bertz CT molecular complexity index is 1100. The minimum absolute atomic E-state index is 0.000212. The number of phenolic OH excluding ortho intramolecular Hbond substituents is 1. The van der Waals surface area contributed by atoms with Gasteiger partial charge < -0.3 is 20.8 Å². The van der Waals surface area contributed by atoms with E-state index in [0.29, 0.717) is 12.0 Å². The highest BCUT2D eigenvalue weighted by Crippen LogP contribution is 2.32. The van der Waals surface area contributed by atoms with E-state index < -0.39 is 35.9 Å². The highest BCUT2D eigenvalue weighted by Gasteiger charge is 2.39. The van der Waals surface area contributed by atoms with Crippen molar-refractivity contribution in [3.63, 3.8) is 0 Å². The van der Waals surface area contributed by atoms with E-state index in [9.17, 15) is 29.8 Å². The second-order valence-corrected chi connectivity index (χ2v) is 9.81. The first-order valence-electron chi connectivity index (χ1n) is 12.4. The summed E-state index contributed by atoms with van der Waals surface area (Å²) in [6.07, 6.45) is 3.80. The molecule has 9 nitrogen and oxygen atoms in total. The fraction of sp³-hybridized carbons (Fsp3) is 0.444. The Kier molecular flexibility index (Phi) is 8.22. The molecule has 0 spiro atoms. The Labute approximate surface area is 209 Å². The van der Waals surface area contributed by atoms with Gasteiger partial charge in [0, 0.05) is 12.8 Å². The number of aliphatic hydroxyl groups excluding tert-OH is 1. The zero-order valence-electron chi connectivity index (χ0n) is 20.0. The lowest BCUT2D eigenvalue weighted by molar-refractivity contribution is -0.140. The average molecular weight is 496 g/mol. The lowest BCUT2D eigenvalue weighted by atomic mass is 9.89. The molecule has 1 saturated carbocycles. The van der Waals surface area contributed by atoms with Crippen LogP contribution in [0.3, 0.4) is 0 Å². The van der Waals surface area contributed by atoms with Crippen molar-refractivity contribution in [3.05, 3.63) is 65.2 Å². The SMILES string of the molecule is O=C(CC1CCCC1)N[C@H](C(=O)NO)[C@@H](Cc1cccc(O)c1)C(=O)N[C@H]1c2ccccc2C[C@H]1O. The molecule has 0 aromatic heterocycles. The highest BCUT2D eigenvalue weighted by atomic mass is 16.5. The first-order valence-corrected chi connectivity index (χ1v) is 12.4. The predicted octanol–water partition coefficient (Wildman–Crippen LogP) is 1.90. The molecule has 0 radical (unpaired) electrons. The molecule has 0 aliphatic heterocycles. The minimum atomic E-state index is -1.36. The molecule has 6 N–H and O–H groups in total. The average Bonchev–Trinajstić information content (AvgIpc) is 3.48. The third-order valence-corrected chi connectivity index (χ3v) is 7.27. The molecule has 36 heavy (non-hydrogen) atoms. The number of hydrogen-bond donors (Lipinski definition) is 6. The first kappa shape index (κ1) is 25.7. The van der Waals surface area contributed by atoms with Gasteiger partial charge in [-0.15, -0.1) is 0 Å². The largest absolute Gasteiger partial charge is 0.508 e. The van der Waals surface area contributed by atoms with Crippen molar-refractivity contribution >= 4 is 17.7 Å². The molecular weight excluding hydrogens is 462 g/mol. The molecule has 0 unspecified atom stereocenters. The van der Waals surface area contributed by atoms with Crippen molar-refractivity contribution in [1.29, 1.82) is 0 Å². The number of phenols is 1. The number of carbonyl (C=O) groups excluding carboxylic acids is 3. The van der Waals surface area contributed by atoms with Crippen molar-refractivity contribution in [2.24, 2.45) is 11.8 Å². The summed E-state index contributed by atoms with van der Waals surface area (Å²) in [7, 11) is 0. The van der Waals surface area contributed by atoms with E-state index in [1.807, 2.05) is 24.3 Å². The van der Waals surface area contributed by atoms with Gasteiger partial charge >= 0.3 is 0 Å². The number of hydrogen-bond acceptors (Lipinski definition) is 6. The van der Waals surface area contributed by atoms with Gasteiger partial charge in [0.1, 0.15) is 11.8 Å². The summed E-state index contributed by atoms with van der Waals surface area (Å²) >= 11 is 0. The summed E-state index contributed by atoms with van der Waals surface area (Å²) in [4.78, 5) is 39.2. The molecule has 0 heterocycles. The van der Waals surface area contributed by atoms with Gasteiger partial charge in [0.25, 0.3) is 5.91 Å². The first-order chi connectivity index (χ1) is 17.4. The van der Waals surface area contributed by atoms with Gasteiger partial charge in [-0.2, -0.15) is 0 Å². The van der Waals surface area contributed by atoms with E-state index in [4.69, 9.17) is 0 Å². The van der Waals surface area contributed by atoms with Crippen LogP contribution in [-0.2, 0) is 27.2 Å². The van der Waals surface area contributed by atoms with E-state index in [1.54, 1.807) is 17.6 Å². The fourth-order valence-electron chi connectivity index (χ4n) is 5.43. The molecule has 0 bridgehead atoms. The Hall–Kier alpha value is -3.43. The van der Waals surface area contributed by atoms with Crippen molar-refractivity contribution in [1.82, 2.24) is 16.1 Å². The van der Waals surface area contributed by atoms with E-state index in [1.165, 1.54) is 12.1 Å². The fourth-order valence-corrected chi connectivity index (χ4v) is 5.43. The zero-order chi connectivity index (χ0) is 25.7. The van der Waals surface area contributed by atoms with Crippen LogP contribution in [0.1, 0.15) is 54.8 Å². The summed E-state index contributed by atoms with van der Waals surface area (Å²) in [6, 6.07) is 11.7. The van der Waals surface area contributed by atoms with E-state index in [2.05, 4.69) is 10.6 Å². The van der Waals surface area contributed by atoms with E-state index in [-0.39, 0.29) is 30.4 Å². The number of fused-ring (bicyclic) bond motifs is 1. The van der Waals surface area contributed by atoms with Gasteiger partial charge in [0.15, 0.2) is 0 Å². The Balaban J connectivity index is 1.59. The summed E-state index contributed by atoms with van der Waals surface area (Å²) in [5.41, 5.74) is 3.87. The third-order valence-electron chi connectivity index (χ3n) is 7.27. The Morgan fingerprint density at radius 1 is 1.00 bits per heavy atom. The van der Waals surface area contributed by atoms with Crippen LogP contribution in [0.5, 0.6) is 5.75 Å². The number of carbonyl (C=O) groups is 3. The minimum Gasteiger partial charge on any atom is -0.508 e. The highest BCUT2D eigenvalue weighted by molar-refractivity contribution is 5.93. The van der Waals surface area contributed by atoms with Crippen molar-refractivity contribution < 1.29 is 29.8 Å². The Morgan fingerprint density at radius 3 is 2.47 bits per heavy atom. The van der Waals surface area contributed by atoms with Crippen LogP contribution in [0, 0.1) is 11.8 Å². The van der Waals surface area contributed by atoms with Gasteiger partial charge in [0.05, 0.1) is 18.1 Å².